The third-order valence-electron chi connectivity index (χ3n) is 6.16. The van der Waals surface area contributed by atoms with Gasteiger partial charge in [-0.15, -0.1) is 0 Å². The molecule has 1 aliphatic rings. The van der Waals surface area contributed by atoms with Gasteiger partial charge >= 0.3 is 5.97 Å². The molecule has 0 N–H and O–H groups in total. The van der Waals surface area contributed by atoms with E-state index in [0.717, 1.165) is 11.1 Å². The fourth-order valence-electron chi connectivity index (χ4n) is 4.45. The van der Waals surface area contributed by atoms with Gasteiger partial charge in [-0.1, -0.05) is 72.0 Å². The van der Waals surface area contributed by atoms with E-state index in [9.17, 15) is 9.59 Å². The molecule has 6 rings (SSSR count). The first-order valence-corrected chi connectivity index (χ1v) is 15.0. The molecule has 0 saturated carbocycles. The number of ether oxygens (including phenoxy) is 1. The van der Waals surface area contributed by atoms with E-state index in [1.54, 1.807) is 42.1 Å². The summed E-state index contributed by atoms with van der Waals surface area (Å²) in [5.41, 5.74) is 2.03. The van der Waals surface area contributed by atoms with Crippen molar-refractivity contribution in [2.75, 3.05) is 6.61 Å². The zero-order chi connectivity index (χ0) is 28.3. The lowest BCUT2D eigenvalue weighted by Crippen LogP contribution is -2.39. The van der Waals surface area contributed by atoms with Crippen molar-refractivity contribution >= 4 is 56.8 Å². The molecule has 4 heterocycles. The van der Waals surface area contributed by atoms with Gasteiger partial charge in [0.2, 0.25) is 0 Å². The summed E-state index contributed by atoms with van der Waals surface area (Å²) in [5, 5.41) is 1.10. The number of thiazole rings is 1. The Labute approximate surface area is 250 Å². The van der Waals surface area contributed by atoms with Gasteiger partial charge in [0, 0.05) is 24.0 Å². The predicted molar refractivity (Wildman–Crippen MR) is 160 cm³/mol. The Hall–Kier alpha value is -4.06. The fraction of sp³-hybridized carbons (Fsp3) is 0.100. The van der Waals surface area contributed by atoms with Gasteiger partial charge in [-0.25, -0.2) is 19.8 Å². The van der Waals surface area contributed by atoms with Crippen LogP contribution < -0.4 is 14.9 Å². The summed E-state index contributed by atoms with van der Waals surface area (Å²) in [6.07, 6.45) is 5.00. The number of esters is 1. The van der Waals surface area contributed by atoms with E-state index in [0.29, 0.717) is 41.1 Å². The number of halogens is 1. The molecule has 0 fully saturated rings. The molecular weight excluding hydrogens is 624 g/mol. The lowest BCUT2D eigenvalue weighted by Gasteiger charge is -2.25. The number of aromatic nitrogens is 3. The summed E-state index contributed by atoms with van der Waals surface area (Å²) in [7, 11) is 0. The number of hydrogen-bond donors (Lipinski definition) is 0. The normalized spacial score (nSPS) is 15.0. The third kappa shape index (κ3) is 5.48. The Morgan fingerprint density at radius 2 is 1.80 bits per heavy atom. The van der Waals surface area contributed by atoms with E-state index in [4.69, 9.17) is 14.1 Å². The van der Waals surface area contributed by atoms with Crippen molar-refractivity contribution in [1.82, 2.24) is 14.5 Å². The number of nitrogens with zero attached hydrogens (tertiary/aromatic N) is 4. The highest BCUT2D eigenvalue weighted by atomic mass is 79.9. The summed E-state index contributed by atoms with van der Waals surface area (Å²) < 4.78 is 14.2. The molecule has 0 amide bonds. The van der Waals surface area contributed by atoms with Crippen LogP contribution in [0.5, 0.6) is 0 Å². The molecule has 204 valence electrons. The van der Waals surface area contributed by atoms with Crippen molar-refractivity contribution in [3.05, 3.63) is 132 Å². The average Bonchev–Trinajstić information content (AvgIpc) is 3.50. The van der Waals surface area contributed by atoms with E-state index in [1.165, 1.54) is 23.1 Å². The summed E-state index contributed by atoms with van der Waals surface area (Å²) >= 11 is 6.03. The Morgan fingerprint density at radius 3 is 2.51 bits per heavy atom. The second-order valence-electron chi connectivity index (χ2n) is 8.76. The average molecular weight is 646 g/mol. The SMILES string of the molecule is CCOC(=O)C1=C(c2ccccc2)N=c2s/c(=C/c3cc(Br)c(Sc4ncccn4)o3)c(=O)n2[C@H]1c1ccccc1. The molecule has 0 bridgehead atoms. The molecule has 2 aromatic carbocycles. The molecule has 1 atom stereocenters. The van der Waals surface area contributed by atoms with E-state index in [1.807, 2.05) is 60.7 Å². The lowest BCUT2D eigenvalue weighted by atomic mass is 9.93. The molecule has 0 radical (unpaired) electrons. The Bertz CT molecular complexity index is 1940. The summed E-state index contributed by atoms with van der Waals surface area (Å²) in [4.78, 5) is 41.2. The van der Waals surface area contributed by atoms with Crippen LogP contribution in [-0.2, 0) is 9.53 Å². The van der Waals surface area contributed by atoms with Crippen LogP contribution in [0.3, 0.4) is 0 Å². The molecule has 0 spiro atoms. The van der Waals surface area contributed by atoms with E-state index < -0.39 is 12.0 Å². The number of hydrogen-bond acceptors (Lipinski definition) is 9. The van der Waals surface area contributed by atoms with Crippen LogP contribution in [0.1, 0.15) is 29.9 Å². The first-order chi connectivity index (χ1) is 20.0. The highest BCUT2D eigenvalue weighted by Crippen LogP contribution is 2.36. The van der Waals surface area contributed by atoms with Crippen LogP contribution in [0.4, 0.5) is 0 Å². The summed E-state index contributed by atoms with van der Waals surface area (Å²) in [5.74, 6) is -0.0391. The van der Waals surface area contributed by atoms with Crippen LogP contribution in [0.25, 0.3) is 11.8 Å². The van der Waals surface area contributed by atoms with E-state index >= 15 is 0 Å². The smallest absolute Gasteiger partial charge is 0.338 e. The predicted octanol–water partition coefficient (Wildman–Crippen LogP) is 5.23. The van der Waals surface area contributed by atoms with Gasteiger partial charge in [0.25, 0.3) is 5.56 Å². The molecule has 5 aromatic rings. The zero-order valence-electron chi connectivity index (χ0n) is 21.6. The third-order valence-corrected chi connectivity index (χ3v) is 8.88. The molecule has 0 aliphatic carbocycles. The monoisotopic (exact) mass is 644 g/mol. The second-order valence-corrected chi connectivity index (χ2v) is 11.6. The lowest BCUT2D eigenvalue weighted by molar-refractivity contribution is -0.138. The van der Waals surface area contributed by atoms with Crippen LogP contribution in [0.2, 0.25) is 0 Å². The van der Waals surface area contributed by atoms with E-state index in [2.05, 4.69) is 25.9 Å². The Balaban J connectivity index is 1.53. The quantitative estimate of drug-likeness (QED) is 0.177. The van der Waals surface area contributed by atoms with Gasteiger partial charge in [-0.3, -0.25) is 9.36 Å². The first-order valence-electron chi connectivity index (χ1n) is 12.6. The van der Waals surface area contributed by atoms with Gasteiger partial charge in [0.15, 0.2) is 15.1 Å². The highest BCUT2D eigenvalue weighted by Gasteiger charge is 2.35. The molecule has 1 aliphatic heterocycles. The summed E-state index contributed by atoms with van der Waals surface area (Å²) in [6.45, 7) is 1.95. The largest absolute Gasteiger partial charge is 0.463 e. The van der Waals surface area contributed by atoms with Crippen LogP contribution in [-0.4, -0.2) is 27.1 Å². The van der Waals surface area contributed by atoms with Crippen molar-refractivity contribution in [3.8, 4) is 0 Å². The van der Waals surface area contributed by atoms with Gasteiger partial charge in [0.05, 0.1) is 32.9 Å². The molecule has 3 aromatic heterocycles. The Kier molecular flexibility index (Phi) is 7.82. The molecule has 0 unspecified atom stereocenters. The maximum atomic E-state index is 14.0. The number of carbonyl (C=O) groups excluding carboxylic acids is 1. The Morgan fingerprint density at radius 1 is 1.10 bits per heavy atom. The minimum Gasteiger partial charge on any atom is -0.463 e. The molecule has 11 heteroatoms. The van der Waals surface area contributed by atoms with Gasteiger partial charge in [-0.2, -0.15) is 0 Å². The van der Waals surface area contributed by atoms with Gasteiger partial charge in [0.1, 0.15) is 5.76 Å². The van der Waals surface area contributed by atoms with Crippen LogP contribution >= 0.6 is 39.0 Å². The van der Waals surface area contributed by atoms with Crippen LogP contribution in [0.15, 0.2) is 120 Å². The topological polar surface area (TPSA) is 99.6 Å². The maximum Gasteiger partial charge on any atom is 0.338 e. The zero-order valence-corrected chi connectivity index (χ0v) is 24.8. The van der Waals surface area contributed by atoms with Crippen LogP contribution in [0, 0.1) is 0 Å². The standard InChI is InChI=1S/C30H21BrN4O4S2/c1-2-38-27(37)23-24(18-10-5-3-6-11-18)34-30-35(25(23)19-12-7-4-8-13-19)26(36)22(40-30)17-20-16-21(31)28(39-20)41-29-32-14-9-15-33-29/h3-17,25H,2H2,1H3/b22-17+/t25-/m0/s1. The molecule has 8 nitrogen and oxygen atoms in total. The molecule has 0 saturated heterocycles. The fourth-order valence-corrected chi connectivity index (χ4v) is 6.67. The van der Waals surface area contributed by atoms with Gasteiger partial charge < -0.3 is 9.15 Å². The summed E-state index contributed by atoms with van der Waals surface area (Å²) in [6, 6.07) is 21.7. The highest BCUT2D eigenvalue weighted by molar-refractivity contribution is 9.10. The molecular formula is C30H21BrN4O4S2. The number of furan rings is 1. The van der Waals surface area contributed by atoms with Crippen molar-refractivity contribution in [2.24, 2.45) is 4.99 Å². The number of carbonyl (C=O) groups is 1. The number of benzene rings is 2. The minimum atomic E-state index is -0.728. The van der Waals surface area contributed by atoms with Crippen molar-refractivity contribution in [3.63, 3.8) is 0 Å². The first kappa shape index (κ1) is 27.1. The second kappa shape index (κ2) is 11.8. The van der Waals surface area contributed by atoms with Crippen molar-refractivity contribution in [1.29, 1.82) is 0 Å². The number of rotatable bonds is 7. The maximum absolute atomic E-state index is 14.0. The molecule has 41 heavy (non-hydrogen) atoms. The minimum absolute atomic E-state index is 0.193. The van der Waals surface area contributed by atoms with Gasteiger partial charge in [-0.05, 0) is 52.3 Å². The van der Waals surface area contributed by atoms with Crippen molar-refractivity contribution < 1.29 is 13.9 Å². The van der Waals surface area contributed by atoms with Crippen molar-refractivity contribution in [2.45, 2.75) is 23.2 Å². The van der Waals surface area contributed by atoms with E-state index in [-0.39, 0.29) is 12.2 Å². The number of fused-ring (bicyclic) bond motifs is 1.